The van der Waals surface area contributed by atoms with E-state index >= 15 is 0 Å². The molecule has 0 amide bonds. The molecule has 0 saturated heterocycles. The average molecular weight is 510 g/mol. The number of guanidine groups is 1. The van der Waals surface area contributed by atoms with Crippen molar-refractivity contribution in [2.45, 2.75) is 10.8 Å². The molecule has 2 aromatic rings. The van der Waals surface area contributed by atoms with Crippen LogP contribution in [0.2, 0.25) is 0 Å². The van der Waals surface area contributed by atoms with Gasteiger partial charge in [-0.25, -0.2) is 13.1 Å². The van der Waals surface area contributed by atoms with E-state index in [1.54, 1.807) is 31.7 Å². The minimum atomic E-state index is -3.43. The normalized spacial score (nSPS) is 11.5. The number of halogens is 1. The third-order valence-electron chi connectivity index (χ3n) is 3.33. The number of rotatable bonds is 8. The van der Waals surface area contributed by atoms with Crippen molar-refractivity contribution < 1.29 is 13.2 Å². The number of thiophene rings is 1. The molecule has 2 rings (SSSR count). The second-order valence-corrected chi connectivity index (χ2v) is 7.94. The molecule has 0 aliphatic heterocycles. The number of ether oxygens (including phenoxy) is 1. The summed E-state index contributed by atoms with van der Waals surface area (Å²) in [5.74, 6) is 1.38. The minimum absolute atomic E-state index is 0. The van der Waals surface area contributed by atoms with Gasteiger partial charge in [0.25, 0.3) is 0 Å². The fourth-order valence-electron chi connectivity index (χ4n) is 2.10. The molecule has 0 spiro atoms. The molecule has 1 aromatic carbocycles. The summed E-state index contributed by atoms with van der Waals surface area (Å²) < 4.78 is 32.2. The lowest BCUT2D eigenvalue weighted by Gasteiger charge is -2.14. The summed E-state index contributed by atoms with van der Waals surface area (Å²) in [7, 11) is -0.144. The summed E-state index contributed by atoms with van der Waals surface area (Å²) in [5.41, 5.74) is 1.01. The van der Waals surface area contributed by atoms with Crippen LogP contribution in [-0.4, -0.2) is 41.6 Å². The molecular weight excluding hydrogens is 487 g/mol. The van der Waals surface area contributed by atoms with Gasteiger partial charge in [0.05, 0.1) is 7.11 Å². The van der Waals surface area contributed by atoms with Gasteiger partial charge in [-0.05, 0) is 17.5 Å². The highest BCUT2D eigenvalue weighted by atomic mass is 127. The van der Waals surface area contributed by atoms with Gasteiger partial charge in [-0.1, -0.05) is 24.3 Å². The number of methoxy groups -OCH3 is 1. The van der Waals surface area contributed by atoms with Crippen molar-refractivity contribution in [1.29, 1.82) is 0 Å². The van der Waals surface area contributed by atoms with Crippen molar-refractivity contribution in [3.63, 3.8) is 0 Å². The van der Waals surface area contributed by atoms with Gasteiger partial charge in [0, 0.05) is 32.2 Å². The topological polar surface area (TPSA) is 91.8 Å². The van der Waals surface area contributed by atoms with Crippen LogP contribution in [0.3, 0.4) is 0 Å². The minimum Gasteiger partial charge on any atom is -0.496 e. The molecule has 0 atom stereocenters. The van der Waals surface area contributed by atoms with E-state index < -0.39 is 10.0 Å². The molecule has 0 bridgehead atoms. The molecule has 7 nitrogen and oxygen atoms in total. The summed E-state index contributed by atoms with van der Waals surface area (Å²) in [5, 5.41) is 7.97. The highest BCUT2D eigenvalue weighted by Gasteiger charge is 2.13. The molecule has 10 heteroatoms. The second-order valence-electron chi connectivity index (χ2n) is 4.99. The van der Waals surface area contributed by atoms with Gasteiger partial charge in [-0.3, -0.25) is 4.99 Å². The molecule has 0 aliphatic rings. The molecule has 0 fully saturated rings. The smallest absolute Gasteiger partial charge is 0.250 e. The third kappa shape index (κ3) is 6.74. The molecule has 1 heterocycles. The first-order valence-corrected chi connectivity index (χ1v) is 10.0. The first kappa shape index (κ1) is 22.7. The van der Waals surface area contributed by atoms with Crippen molar-refractivity contribution >= 4 is 51.3 Å². The summed E-state index contributed by atoms with van der Waals surface area (Å²) in [4.78, 5) is 4.12. The standard InChI is InChI=1S/C16H22N4O3S2.HI/c1-17-16(19-12-13-6-3-4-7-14(13)23-2)18-9-10-20-25(21,22)15-8-5-11-24-15;/h3-8,11,20H,9-10,12H2,1-2H3,(H2,17,18,19);1H. The van der Waals surface area contributed by atoms with Crippen molar-refractivity contribution in [3.05, 3.63) is 47.3 Å². The van der Waals surface area contributed by atoms with E-state index in [0.717, 1.165) is 11.3 Å². The van der Waals surface area contributed by atoms with Crippen molar-refractivity contribution in [1.82, 2.24) is 15.4 Å². The zero-order valence-corrected chi connectivity index (χ0v) is 18.5. The van der Waals surface area contributed by atoms with Crippen molar-refractivity contribution in [2.75, 3.05) is 27.2 Å². The molecule has 0 radical (unpaired) electrons. The number of sulfonamides is 1. The average Bonchev–Trinajstić information content (AvgIpc) is 3.17. The van der Waals surface area contributed by atoms with Crippen LogP contribution >= 0.6 is 35.3 Å². The van der Waals surface area contributed by atoms with E-state index in [0.29, 0.717) is 23.3 Å². The molecule has 0 saturated carbocycles. The molecular formula is C16H23IN4O3S2. The SMILES string of the molecule is CN=C(NCCNS(=O)(=O)c1cccs1)NCc1ccccc1OC.I. The Morgan fingerprint density at radius 1 is 1.15 bits per heavy atom. The summed E-state index contributed by atoms with van der Waals surface area (Å²) >= 11 is 1.19. The lowest BCUT2D eigenvalue weighted by atomic mass is 10.2. The van der Waals surface area contributed by atoms with E-state index in [-0.39, 0.29) is 30.5 Å². The molecule has 26 heavy (non-hydrogen) atoms. The highest BCUT2D eigenvalue weighted by molar-refractivity contribution is 14.0. The fraction of sp³-hybridized carbons (Fsp3) is 0.312. The predicted molar refractivity (Wildman–Crippen MR) is 116 cm³/mol. The Morgan fingerprint density at radius 3 is 2.58 bits per heavy atom. The number of nitrogens with zero attached hydrogens (tertiary/aromatic N) is 1. The van der Waals surface area contributed by atoms with Crippen LogP contribution in [0.25, 0.3) is 0 Å². The Balaban J connectivity index is 0.00000338. The van der Waals surface area contributed by atoms with E-state index in [9.17, 15) is 8.42 Å². The van der Waals surface area contributed by atoms with Crippen LogP contribution < -0.4 is 20.1 Å². The quantitative estimate of drug-likeness (QED) is 0.219. The Labute approximate surface area is 175 Å². The van der Waals surface area contributed by atoms with Gasteiger partial charge in [-0.2, -0.15) is 0 Å². The third-order valence-corrected chi connectivity index (χ3v) is 6.19. The van der Waals surface area contributed by atoms with Gasteiger partial charge in [0.2, 0.25) is 10.0 Å². The zero-order valence-electron chi connectivity index (χ0n) is 14.6. The van der Waals surface area contributed by atoms with Gasteiger partial charge < -0.3 is 15.4 Å². The van der Waals surface area contributed by atoms with Gasteiger partial charge in [0.15, 0.2) is 5.96 Å². The van der Waals surface area contributed by atoms with E-state index in [1.807, 2.05) is 24.3 Å². The molecule has 3 N–H and O–H groups in total. The van der Waals surface area contributed by atoms with Crippen LogP contribution in [0.15, 0.2) is 51.0 Å². The first-order valence-electron chi connectivity index (χ1n) is 7.66. The predicted octanol–water partition coefficient (Wildman–Crippen LogP) is 2.02. The summed E-state index contributed by atoms with van der Waals surface area (Å²) in [6, 6.07) is 11.0. The van der Waals surface area contributed by atoms with Gasteiger partial charge in [0.1, 0.15) is 9.96 Å². The number of hydrogen-bond acceptors (Lipinski definition) is 5. The maximum absolute atomic E-state index is 12.0. The molecule has 0 unspecified atom stereocenters. The largest absolute Gasteiger partial charge is 0.496 e. The van der Waals surface area contributed by atoms with Crippen LogP contribution in [0.1, 0.15) is 5.56 Å². The van der Waals surface area contributed by atoms with Gasteiger partial charge in [-0.15, -0.1) is 35.3 Å². The first-order chi connectivity index (χ1) is 12.1. The number of hydrogen-bond donors (Lipinski definition) is 3. The monoisotopic (exact) mass is 510 g/mol. The van der Waals surface area contributed by atoms with Gasteiger partial charge >= 0.3 is 0 Å². The summed E-state index contributed by atoms with van der Waals surface area (Å²) in [6.07, 6.45) is 0. The van der Waals surface area contributed by atoms with Crippen LogP contribution in [0, 0.1) is 0 Å². The van der Waals surface area contributed by atoms with Crippen LogP contribution in [-0.2, 0) is 16.6 Å². The maximum Gasteiger partial charge on any atom is 0.250 e. The summed E-state index contributed by atoms with van der Waals surface area (Å²) in [6.45, 7) is 1.22. The maximum atomic E-state index is 12.0. The van der Waals surface area contributed by atoms with Crippen molar-refractivity contribution in [3.8, 4) is 5.75 Å². The van der Waals surface area contributed by atoms with Crippen LogP contribution in [0.5, 0.6) is 5.75 Å². The van der Waals surface area contributed by atoms with E-state index in [4.69, 9.17) is 4.74 Å². The Bertz CT molecular complexity index is 796. The Kier molecular flexibility index (Phi) is 9.91. The zero-order chi connectivity index (χ0) is 18.1. The van der Waals surface area contributed by atoms with Crippen molar-refractivity contribution in [2.24, 2.45) is 4.99 Å². The number of nitrogens with one attached hydrogen (secondary N) is 3. The Morgan fingerprint density at radius 2 is 1.92 bits per heavy atom. The van der Waals surface area contributed by atoms with E-state index in [2.05, 4.69) is 20.3 Å². The number of para-hydroxylation sites is 1. The fourth-order valence-corrected chi connectivity index (χ4v) is 4.17. The molecule has 1 aromatic heterocycles. The molecule has 0 aliphatic carbocycles. The van der Waals surface area contributed by atoms with E-state index in [1.165, 1.54) is 11.3 Å². The number of benzene rings is 1. The molecule has 144 valence electrons. The lowest BCUT2D eigenvalue weighted by Crippen LogP contribution is -2.41. The second kappa shape index (κ2) is 11.4. The highest BCUT2D eigenvalue weighted by Crippen LogP contribution is 2.16. The lowest BCUT2D eigenvalue weighted by molar-refractivity contribution is 0.409. The van der Waals surface area contributed by atoms with Crippen LogP contribution in [0.4, 0.5) is 0 Å². The Hall–Kier alpha value is -1.37. The number of aliphatic imine (C=N–C) groups is 1.